The lowest BCUT2D eigenvalue weighted by atomic mass is 10.1. The van der Waals surface area contributed by atoms with Crippen LogP contribution in [-0.4, -0.2) is 40.8 Å². The Balaban J connectivity index is 1.83. The molecule has 0 fully saturated rings. The maximum absolute atomic E-state index is 12.1. The third-order valence-corrected chi connectivity index (χ3v) is 4.48. The molecule has 0 aliphatic heterocycles. The van der Waals surface area contributed by atoms with Crippen molar-refractivity contribution in [3.8, 4) is 6.07 Å². The van der Waals surface area contributed by atoms with Crippen molar-refractivity contribution in [2.45, 2.75) is 13.8 Å². The van der Waals surface area contributed by atoms with Gasteiger partial charge in [-0.3, -0.25) is 4.79 Å². The molecule has 162 valence electrons. The molecule has 0 spiro atoms. The number of nitrogens with zero attached hydrogens (tertiary/aromatic N) is 5. The summed E-state index contributed by atoms with van der Waals surface area (Å²) >= 11 is 0. The lowest BCUT2D eigenvalue weighted by Crippen LogP contribution is -2.21. The van der Waals surface area contributed by atoms with Crippen LogP contribution in [0.4, 0.5) is 11.7 Å². The minimum absolute atomic E-state index is 0.0734. The number of nitriles is 1. The number of rotatable bonds is 6. The van der Waals surface area contributed by atoms with Crippen LogP contribution in [0, 0.1) is 11.3 Å². The number of anilines is 2. The third-order valence-electron chi connectivity index (χ3n) is 4.48. The molecule has 3 N–H and O–H groups in total. The van der Waals surface area contributed by atoms with Crippen molar-refractivity contribution in [1.82, 2.24) is 15.1 Å². The Hall–Kier alpha value is -4.45. The molecule has 1 heterocycles. The first kappa shape index (κ1) is 22.2. The summed E-state index contributed by atoms with van der Waals surface area (Å²) in [5.41, 5.74) is 10.0. The van der Waals surface area contributed by atoms with Crippen molar-refractivity contribution in [2.75, 3.05) is 19.4 Å². The van der Waals surface area contributed by atoms with Crippen molar-refractivity contribution < 1.29 is 9.21 Å². The molecule has 9 nitrogen and oxygen atoms in total. The molecule has 0 saturated carbocycles. The van der Waals surface area contributed by atoms with Gasteiger partial charge in [-0.1, -0.05) is 23.3 Å². The van der Waals surface area contributed by atoms with E-state index in [1.54, 1.807) is 57.4 Å². The fraction of sp³-hybridized carbons (Fsp3) is 0.174. The second-order valence-electron chi connectivity index (χ2n) is 7.24. The Bertz CT molecular complexity index is 1230. The van der Waals surface area contributed by atoms with E-state index in [0.717, 1.165) is 5.56 Å². The number of nitrogens with one attached hydrogen (secondary N) is 1. The number of hydrogen-bond donors (Lipinski definition) is 2. The molecule has 9 heteroatoms. The Morgan fingerprint density at radius 3 is 2.44 bits per heavy atom. The standard InChI is InChI=1S/C23H23N7O2/c1-14(25)20(26-15(2)17-8-10-18(11-9-17)22(31)30(3)4)21-28-29-23(32-21)27-19-7-5-6-16(12-19)13-24/h5-12H,25H2,1-4H3,(H,27,29)/b20-14+,26-15?. The van der Waals surface area contributed by atoms with Gasteiger partial charge in [0.2, 0.25) is 0 Å². The van der Waals surface area contributed by atoms with Crippen molar-refractivity contribution in [1.29, 1.82) is 5.26 Å². The Kier molecular flexibility index (Phi) is 6.65. The van der Waals surface area contributed by atoms with Crippen LogP contribution in [0.1, 0.15) is 41.2 Å². The minimum atomic E-state index is -0.0734. The number of benzene rings is 2. The Labute approximate surface area is 185 Å². The van der Waals surface area contributed by atoms with E-state index in [2.05, 4.69) is 26.6 Å². The Morgan fingerprint density at radius 1 is 1.12 bits per heavy atom. The van der Waals surface area contributed by atoms with Gasteiger partial charge in [0.1, 0.15) is 5.70 Å². The van der Waals surface area contributed by atoms with Crippen molar-refractivity contribution >= 4 is 29.0 Å². The number of nitrogens with two attached hydrogens (primary N) is 1. The maximum Gasteiger partial charge on any atom is 0.320 e. The summed E-state index contributed by atoms with van der Waals surface area (Å²) in [4.78, 5) is 18.2. The first-order valence-corrected chi connectivity index (χ1v) is 9.73. The number of aromatic nitrogens is 2. The first-order chi connectivity index (χ1) is 15.3. The second-order valence-corrected chi connectivity index (χ2v) is 7.24. The van der Waals surface area contributed by atoms with E-state index in [0.29, 0.717) is 33.9 Å². The monoisotopic (exact) mass is 429 g/mol. The molecule has 0 radical (unpaired) electrons. The molecular weight excluding hydrogens is 406 g/mol. The van der Waals surface area contributed by atoms with Crippen LogP contribution in [0.3, 0.4) is 0 Å². The van der Waals surface area contributed by atoms with Crippen LogP contribution in [0.2, 0.25) is 0 Å². The lowest BCUT2D eigenvalue weighted by molar-refractivity contribution is 0.0827. The quantitative estimate of drug-likeness (QED) is 0.572. The van der Waals surface area contributed by atoms with E-state index >= 15 is 0 Å². The highest BCUT2D eigenvalue weighted by Gasteiger charge is 2.15. The van der Waals surface area contributed by atoms with Gasteiger partial charge in [0.15, 0.2) is 0 Å². The van der Waals surface area contributed by atoms with Gasteiger partial charge in [0.05, 0.1) is 11.6 Å². The minimum Gasteiger partial charge on any atom is -0.401 e. The summed E-state index contributed by atoms with van der Waals surface area (Å²) in [7, 11) is 3.41. The van der Waals surface area contributed by atoms with Gasteiger partial charge in [0, 0.05) is 36.8 Å². The van der Waals surface area contributed by atoms with Crippen LogP contribution in [0.25, 0.3) is 5.70 Å². The molecular formula is C23H23N7O2. The Morgan fingerprint density at radius 2 is 1.81 bits per heavy atom. The molecule has 0 bridgehead atoms. The normalized spacial score (nSPS) is 12.0. The van der Waals surface area contributed by atoms with Gasteiger partial charge in [-0.2, -0.15) is 5.26 Å². The van der Waals surface area contributed by atoms with Gasteiger partial charge >= 0.3 is 6.01 Å². The lowest BCUT2D eigenvalue weighted by Gasteiger charge is -2.10. The highest BCUT2D eigenvalue weighted by atomic mass is 16.4. The SMILES string of the molecule is CC(=N/C(=C(\C)N)c1nnc(Nc2cccc(C#N)c2)o1)c1ccc(C(=O)N(C)C)cc1. The zero-order valence-electron chi connectivity index (χ0n) is 18.2. The van der Waals surface area contributed by atoms with Crippen molar-refractivity contribution in [3.63, 3.8) is 0 Å². The van der Waals surface area contributed by atoms with E-state index in [1.165, 1.54) is 4.90 Å². The van der Waals surface area contributed by atoms with Crippen LogP contribution in [0.5, 0.6) is 0 Å². The molecule has 32 heavy (non-hydrogen) atoms. The van der Waals surface area contributed by atoms with Gasteiger partial charge in [-0.05, 0) is 49.7 Å². The van der Waals surface area contributed by atoms with Crippen molar-refractivity contribution in [3.05, 3.63) is 76.8 Å². The summed E-state index contributed by atoms with van der Waals surface area (Å²) in [5, 5.41) is 20.0. The number of amides is 1. The summed E-state index contributed by atoms with van der Waals surface area (Å²) in [6, 6.07) is 16.3. The van der Waals surface area contributed by atoms with Gasteiger partial charge in [0.25, 0.3) is 11.8 Å². The summed E-state index contributed by atoms with van der Waals surface area (Å²) < 4.78 is 5.69. The van der Waals surface area contributed by atoms with E-state index in [-0.39, 0.29) is 17.8 Å². The van der Waals surface area contributed by atoms with E-state index < -0.39 is 0 Å². The van der Waals surface area contributed by atoms with E-state index in [4.69, 9.17) is 15.4 Å². The highest BCUT2D eigenvalue weighted by Crippen LogP contribution is 2.23. The molecule has 0 atom stereocenters. The number of allylic oxidation sites excluding steroid dienone is 1. The van der Waals surface area contributed by atoms with Gasteiger partial charge in [-0.15, -0.1) is 5.10 Å². The molecule has 3 aromatic rings. The predicted octanol–water partition coefficient (Wildman–Crippen LogP) is 3.54. The van der Waals surface area contributed by atoms with Crippen LogP contribution >= 0.6 is 0 Å². The topological polar surface area (TPSA) is 133 Å². The molecule has 0 saturated heterocycles. The number of aliphatic imine (C=N–C) groups is 1. The molecule has 1 aromatic heterocycles. The maximum atomic E-state index is 12.1. The first-order valence-electron chi connectivity index (χ1n) is 9.73. The van der Waals surface area contributed by atoms with Crippen LogP contribution in [0.15, 0.2) is 63.6 Å². The molecule has 1 amide bonds. The van der Waals surface area contributed by atoms with E-state index in [1.807, 2.05) is 19.1 Å². The van der Waals surface area contributed by atoms with Gasteiger partial charge in [-0.25, -0.2) is 4.99 Å². The molecule has 0 aliphatic rings. The number of carbonyl (C=O) groups is 1. The zero-order chi connectivity index (χ0) is 23.3. The smallest absolute Gasteiger partial charge is 0.320 e. The zero-order valence-corrected chi connectivity index (χ0v) is 18.2. The number of carbonyl (C=O) groups excluding carboxylic acids is 1. The summed E-state index contributed by atoms with van der Waals surface area (Å²) in [6.45, 7) is 3.52. The second kappa shape index (κ2) is 9.57. The summed E-state index contributed by atoms with van der Waals surface area (Å²) in [5.74, 6) is 0.0819. The van der Waals surface area contributed by atoms with Crippen molar-refractivity contribution in [2.24, 2.45) is 10.7 Å². The molecule has 3 rings (SSSR count). The van der Waals surface area contributed by atoms with Gasteiger partial charge < -0.3 is 20.4 Å². The number of hydrogen-bond acceptors (Lipinski definition) is 8. The summed E-state index contributed by atoms with van der Waals surface area (Å²) in [6.07, 6.45) is 0. The average Bonchev–Trinajstić information content (AvgIpc) is 3.24. The molecule has 2 aromatic carbocycles. The largest absolute Gasteiger partial charge is 0.401 e. The molecule has 0 aliphatic carbocycles. The predicted molar refractivity (Wildman–Crippen MR) is 122 cm³/mol. The van der Waals surface area contributed by atoms with Crippen LogP contribution in [-0.2, 0) is 0 Å². The fourth-order valence-electron chi connectivity index (χ4n) is 2.81. The van der Waals surface area contributed by atoms with E-state index in [9.17, 15) is 4.79 Å². The third kappa shape index (κ3) is 5.17. The fourth-order valence-corrected chi connectivity index (χ4v) is 2.81. The average molecular weight is 429 g/mol. The molecule has 0 unspecified atom stereocenters. The highest BCUT2D eigenvalue weighted by molar-refractivity contribution is 6.02. The van der Waals surface area contributed by atoms with Crippen LogP contribution < -0.4 is 11.1 Å².